The maximum Gasteiger partial charge on any atom is 0.121 e. The van der Waals surface area contributed by atoms with E-state index in [1.807, 2.05) is 36.5 Å². The summed E-state index contributed by atoms with van der Waals surface area (Å²) in [4.78, 5) is 4.09. The number of rotatable bonds is 5. The number of benzene rings is 1. The van der Waals surface area contributed by atoms with Crippen LogP contribution in [-0.2, 0) is 11.3 Å². The third kappa shape index (κ3) is 4.20. The predicted octanol–water partition coefficient (Wildman–Crippen LogP) is 3.25. The van der Waals surface area contributed by atoms with Crippen molar-refractivity contribution in [1.82, 2.24) is 4.98 Å². The van der Waals surface area contributed by atoms with Crippen molar-refractivity contribution in [3.8, 4) is 5.75 Å². The summed E-state index contributed by atoms with van der Waals surface area (Å²) in [5.74, 6) is 0.862. The summed E-state index contributed by atoms with van der Waals surface area (Å²) in [5.41, 5.74) is 2.14. The molecule has 0 bridgehead atoms. The van der Waals surface area contributed by atoms with Gasteiger partial charge in [-0.25, -0.2) is 0 Å². The van der Waals surface area contributed by atoms with Crippen LogP contribution in [0.4, 0.5) is 5.69 Å². The minimum absolute atomic E-state index is 0.396. The molecule has 0 aliphatic carbocycles. The summed E-state index contributed by atoms with van der Waals surface area (Å²) >= 11 is 0. The molecule has 1 unspecified atom stereocenters. The van der Waals surface area contributed by atoms with Gasteiger partial charge in [-0.1, -0.05) is 12.1 Å². The van der Waals surface area contributed by atoms with E-state index in [4.69, 9.17) is 9.47 Å². The van der Waals surface area contributed by atoms with E-state index in [9.17, 15) is 0 Å². The van der Waals surface area contributed by atoms with Gasteiger partial charge >= 0.3 is 0 Å². The zero-order valence-electron chi connectivity index (χ0n) is 12.0. The highest BCUT2D eigenvalue weighted by atomic mass is 16.5. The molecule has 1 N–H and O–H groups in total. The van der Waals surface area contributed by atoms with E-state index in [1.165, 1.54) is 0 Å². The second-order valence-electron chi connectivity index (χ2n) is 5.24. The van der Waals surface area contributed by atoms with E-state index in [0.717, 1.165) is 43.1 Å². The van der Waals surface area contributed by atoms with Gasteiger partial charge in [-0.2, -0.15) is 0 Å². The van der Waals surface area contributed by atoms with Gasteiger partial charge in [-0.3, -0.25) is 4.98 Å². The van der Waals surface area contributed by atoms with Crippen LogP contribution in [0.15, 0.2) is 48.8 Å². The standard InChI is InChI=1S/C17H20N2O2/c1-5-15(19-16-6-3-9-20-13-16)10-17(7-1)21-12-14-4-2-8-18-11-14/h1-2,4-5,7-8,10-11,16,19H,3,6,9,12-13H2. The number of nitrogens with one attached hydrogen (secondary N) is 1. The quantitative estimate of drug-likeness (QED) is 0.915. The first-order valence-electron chi connectivity index (χ1n) is 7.36. The number of hydrogen-bond acceptors (Lipinski definition) is 4. The van der Waals surface area contributed by atoms with Crippen molar-refractivity contribution < 1.29 is 9.47 Å². The number of aromatic nitrogens is 1. The van der Waals surface area contributed by atoms with Crippen molar-refractivity contribution in [2.24, 2.45) is 0 Å². The molecule has 1 aliphatic heterocycles. The second-order valence-corrected chi connectivity index (χ2v) is 5.24. The average molecular weight is 284 g/mol. The van der Waals surface area contributed by atoms with Crippen molar-refractivity contribution in [3.63, 3.8) is 0 Å². The molecule has 2 aromatic rings. The molecule has 4 nitrogen and oxygen atoms in total. The molecule has 2 heterocycles. The van der Waals surface area contributed by atoms with E-state index in [2.05, 4.69) is 16.4 Å². The summed E-state index contributed by atoms with van der Waals surface area (Å²) in [5, 5.41) is 3.50. The Balaban J connectivity index is 1.57. The van der Waals surface area contributed by atoms with Crippen LogP contribution >= 0.6 is 0 Å². The van der Waals surface area contributed by atoms with E-state index in [1.54, 1.807) is 6.20 Å². The van der Waals surface area contributed by atoms with Crippen LogP contribution in [0.25, 0.3) is 0 Å². The second kappa shape index (κ2) is 7.09. The van der Waals surface area contributed by atoms with Crippen LogP contribution in [0.3, 0.4) is 0 Å². The lowest BCUT2D eigenvalue weighted by molar-refractivity contribution is 0.0876. The lowest BCUT2D eigenvalue weighted by Gasteiger charge is -2.24. The van der Waals surface area contributed by atoms with Crippen molar-refractivity contribution >= 4 is 5.69 Å². The van der Waals surface area contributed by atoms with Gasteiger partial charge in [0.25, 0.3) is 0 Å². The average Bonchev–Trinajstić information content (AvgIpc) is 2.55. The molecule has 1 atom stereocenters. The zero-order valence-corrected chi connectivity index (χ0v) is 12.0. The van der Waals surface area contributed by atoms with Gasteiger partial charge in [0.1, 0.15) is 12.4 Å². The molecular weight excluding hydrogens is 264 g/mol. The molecular formula is C17H20N2O2. The minimum Gasteiger partial charge on any atom is -0.489 e. The number of nitrogens with zero attached hydrogens (tertiary/aromatic N) is 1. The van der Waals surface area contributed by atoms with Crippen LogP contribution < -0.4 is 10.1 Å². The normalized spacial score (nSPS) is 18.2. The van der Waals surface area contributed by atoms with Gasteiger partial charge in [-0.15, -0.1) is 0 Å². The Hall–Kier alpha value is -2.07. The Bertz CT molecular complexity index is 554. The van der Waals surface area contributed by atoms with Gasteiger partial charge in [0, 0.05) is 42.4 Å². The molecule has 1 aromatic carbocycles. The maximum absolute atomic E-state index is 5.81. The van der Waals surface area contributed by atoms with Crippen molar-refractivity contribution in [1.29, 1.82) is 0 Å². The Morgan fingerprint density at radius 1 is 1.29 bits per heavy atom. The van der Waals surface area contributed by atoms with Crippen LogP contribution in [-0.4, -0.2) is 24.2 Å². The van der Waals surface area contributed by atoms with E-state index >= 15 is 0 Å². The highest BCUT2D eigenvalue weighted by Crippen LogP contribution is 2.21. The molecule has 0 saturated carbocycles. The Labute approximate surface area is 125 Å². The molecule has 1 aromatic heterocycles. The molecule has 110 valence electrons. The van der Waals surface area contributed by atoms with Gasteiger partial charge in [0.15, 0.2) is 0 Å². The Kier molecular flexibility index (Phi) is 4.69. The maximum atomic E-state index is 5.81. The first-order chi connectivity index (χ1) is 10.4. The number of ether oxygens (including phenoxy) is 2. The molecule has 21 heavy (non-hydrogen) atoms. The van der Waals surface area contributed by atoms with E-state index in [0.29, 0.717) is 12.6 Å². The van der Waals surface area contributed by atoms with E-state index in [-0.39, 0.29) is 0 Å². The lowest BCUT2D eigenvalue weighted by atomic mass is 10.1. The van der Waals surface area contributed by atoms with Crippen molar-refractivity contribution in [2.45, 2.75) is 25.5 Å². The fourth-order valence-corrected chi connectivity index (χ4v) is 2.42. The first-order valence-corrected chi connectivity index (χ1v) is 7.36. The van der Waals surface area contributed by atoms with Gasteiger partial charge < -0.3 is 14.8 Å². The summed E-state index contributed by atoms with van der Waals surface area (Å²) in [6.45, 7) is 2.19. The molecule has 1 saturated heterocycles. The fourth-order valence-electron chi connectivity index (χ4n) is 2.42. The molecule has 0 amide bonds. The number of hydrogen-bond donors (Lipinski definition) is 1. The molecule has 4 heteroatoms. The topological polar surface area (TPSA) is 43.4 Å². The summed E-state index contributed by atoms with van der Waals surface area (Å²) < 4.78 is 11.3. The van der Waals surface area contributed by atoms with Crippen molar-refractivity contribution in [3.05, 3.63) is 54.4 Å². The summed E-state index contributed by atoms with van der Waals surface area (Å²) in [6, 6.07) is 12.4. The Morgan fingerprint density at radius 2 is 2.29 bits per heavy atom. The molecule has 1 fully saturated rings. The smallest absolute Gasteiger partial charge is 0.121 e. The number of pyridine rings is 1. The third-order valence-electron chi connectivity index (χ3n) is 3.49. The van der Waals surface area contributed by atoms with Crippen molar-refractivity contribution in [2.75, 3.05) is 18.5 Å². The Morgan fingerprint density at radius 3 is 3.10 bits per heavy atom. The van der Waals surface area contributed by atoms with Gasteiger partial charge in [0.2, 0.25) is 0 Å². The van der Waals surface area contributed by atoms with E-state index < -0.39 is 0 Å². The largest absolute Gasteiger partial charge is 0.489 e. The highest BCUT2D eigenvalue weighted by Gasteiger charge is 2.13. The van der Waals surface area contributed by atoms with Crippen LogP contribution in [0.1, 0.15) is 18.4 Å². The fraction of sp³-hybridized carbons (Fsp3) is 0.353. The first kappa shape index (κ1) is 13.9. The highest BCUT2D eigenvalue weighted by molar-refractivity contribution is 5.49. The SMILES string of the molecule is c1cncc(COc2cccc(NC3CCCOC3)c2)c1. The summed E-state index contributed by atoms with van der Waals surface area (Å²) in [6.07, 6.45) is 5.86. The van der Waals surface area contributed by atoms with Crippen LogP contribution in [0.2, 0.25) is 0 Å². The zero-order chi connectivity index (χ0) is 14.3. The van der Waals surface area contributed by atoms with Gasteiger partial charge in [-0.05, 0) is 31.0 Å². The lowest BCUT2D eigenvalue weighted by Crippen LogP contribution is -2.29. The minimum atomic E-state index is 0.396. The predicted molar refractivity (Wildman–Crippen MR) is 82.5 cm³/mol. The monoisotopic (exact) mass is 284 g/mol. The molecule has 0 spiro atoms. The number of anilines is 1. The summed E-state index contributed by atoms with van der Waals surface area (Å²) in [7, 11) is 0. The molecule has 0 radical (unpaired) electrons. The molecule has 1 aliphatic rings. The van der Waals surface area contributed by atoms with Crippen LogP contribution in [0.5, 0.6) is 5.75 Å². The third-order valence-corrected chi connectivity index (χ3v) is 3.49. The molecule has 3 rings (SSSR count). The van der Waals surface area contributed by atoms with Crippen LogP contribution in [0, 0.1) is 0 Å². The van der Waals surface area contributed by atoms with Gasteiger partial charge in [0.05, 0.1) is 6.61 Å².